The van der Waals surface area contributed by atoms with Gasteiger partial charge in [0.05, 0.1) is 11.4 Å². The molecule has 0 unspecified atom stereocenters. The molecule has 1 fully saturated rings. The van der Waals surface area contributed by atoms with Gasteiger partial charge < -0.3 is 4.57 Å². The molecule has 150 valence electrons. The van der Waals surface area contributed by atoms with Crippen molar-refractivity contribution in [2.75, 3.05) is 0 Å². The molecule has 4 aromatic rings. The number of aromatic nitrogens is 5. The van der Waals surface area contributed by atoms with E-state index in [2.05, 4.69) is 63.9 Å². The Kier molecular flexibility index (Phi) is 5.24. The highest BCUT2D eigenvalue weighted by atomic mass is 32.2. The second kappa shape index (κ2) is 8.32. The van der Waals surface area contributed by atoms with Crippen molar-refractivity contribution in [3.63, 3.8) is 0 Å². The lowest BCUT2D eigenvalue weighted by Gasteiger charge is -2.07. The SMILES string of the molecule is C=CCn1c(SCc2cn(-c3ccccc3)nc2-c2ccccc2)nnc1C1CC1. The number of allylic oxidation sites excluding steroid dienone is 1. The maximum absolute atomic E-state index is 4.91. The minimum Gasteiger partial charge on any atom is -0.302 e. The van der Waals surface area contributed by atoms with Crippen LogP contribution in [0.25, 0.3) is 16.9 Å². The molecule has 0 spiro atoms. The predicted molar refractivity (Wildman–Crippen MR) is 121 cm³/mol. The van der Waals surface area contributed by atoms with Crippen LogP contribution in [-0.4, -0.2) is 24.5 Å². The van der Waals surface area contributed by atoms with E-state index in [1.165, 1.54) is 18.4 Å². The molecule has 1 aliphatic rings. The molecule has 5 nitrogen and oxygen atoms in total. The van der Waals surface area contributed by atoms with Crippen molar-refractivity contribution in [3.05, 3.63) is 90.9 Å². The molecule has 2 aromatic carbocycles. The average Bonchev–Trinajstić information content (AvgIpc) is 3.42. The van der Waals surface area contributed by atoms with Crippen molar-refractivity contribution in [3.8, 4) is 16.9 Å². The Morgan fingerprint density at radius 3 is 2.43 bits per heavy atom. The predicted octanol–water partition coefficient (Wildman–Crippen LogP) is 5.49. The molecular formula is C24H23N5S. The molecule has 1 aliphatic carbocycles. The van der Waals surface area contributed by atoms with E-state index in [-0.39, 0.29) is 0 Å². The molecule has 0 bridgehead atoms. The van der Waals surface area contributed by atoms with Crippen LogP contribution < -0.4 is 0 Å². The van der Waals surface area contributed by atoms with Crippen LogP contribution in [0.2, 0.25) is 0 Å². The summed E-state index contributed by atoms with van der Waals surface area (Å²) in [4.78, 5) is 0. The Morgan fingerprint density at radius 1 is 1.00 bits per heavy atom. The summed E-state index contributed by atoms with van der Waals surface area (Å²) in [6, 6.07) is 20.6. The quantitative estimate of drug-likeness (QED) is 0.283. The first-order valence-corrected chi connectivity index (χ1v) is 11.2. The molecule has 6 heteroatoms. The van der Waals surface area contributed by atoms with Gasteiger partial charge in [-0.25, -0.2) is 4.68 Å². The summed E-state index contributed by atoms with van der Waals surface area (Å²) in [6.45, 7) is 4.65. The van der Waals surface area contributed by atoms with Crippen molar-refractivity contribution >= 4 is 11.8 Å². The van der Waals surface area contributed by atoms with Crippen LogP contribution in [-0.2, 0) is 12.3 Å². The summed E-state index contributed by atoms with van der Waals surface area (Å²) in [5.74, 6) is 2.44. The number of rotatable bonds is 8. The van der Waals surface area contributed by atoms with Gasteiger partial charge in [-0.2, -0.15) is 5.10 Å². The minimum atomic E-state index is 0.563. The van der Waals surface area contributed by atoms with Gasteiger partial charge in [0.15, 0.2) is 5.16 Å². The second-order valence-corrected chi connectivity index (χ2v) is 8.39. The Labute approximate surface area is 180 Å². The first-order chi connectivity index (χ1) is 14.8. The zero-order chi connectivity index (χ0) is 20.3. The molecule has 0 aliphatic heterocycles. The Balaban J connectivity index is 1.47. The number of thioether (sulfide) groups is 1. The van der Waals surface area contributed by atoms with E-state index in [0.717, 1.165) is 40.2 Å². The van der Waals surface area contributed by atoms with E-state index in [1.54, 1.807) is 11.8 Å². The smallest absolute Gasteiger partial charge is 0.191 e. The summed E-state index contributed by atoms with van der Waals surface area (Å²) in [6.07, 6.45) is 6.46. The molecule has 0 amide bonds. The first-order valence-electron chi connectivity index (χ1n) is 10.2. The van der Waals surface area contributed by atoms with E-state index in [1.807, 2.05) is 35.0 Å². The van der Waals surface area contributed by atoms with E-state index in [4.69, 9.17) is 5.10 Å². The topological polar surface area (TPSA) is 48.5 Å². The van der Waals surface area contributed by atoms with Gasteiger partial charge in [0.25, 0.3) is 0 Å². The Morgan fingerprint density at radius 2 is 1.73 bits per heavy atom. The molecule has 0 saturated heterocycles. The summed E-state index contributed by atoms with van der Waals surface area (Å²) in [5, 5.41) is 14.8. The normalized spacial score (nSPS) is 13.5. The van der Waals surface area contributed by atoms with Crippen LogP contribution in [0.15, 0.2) is 84.7 Å². The third-order valence-corrected chi connectivity index (χ3v) is 6.23. The van der Waals surface area contributed by atoms with Crippen molar-refractivity contribution in [1.29, 1.82) is 0 Å². The number of hydrogen-bond acceptors (Lipinski definition) is 4. The van der Waals surface area contributed by atoms with Crippen molar-refractivity contribution in [1.82, 2.24) is 24.5 Å². The lowest BCUT2D eigenvalue weighted by molar-refractivity contribution is 0.681. The summed E-state index contributed by atoms with van der Waals surface area (Å²) in [5.41, 5.74) is 4.35. The zero-order valence-electron chi connectivity index (χ0n) is 16.7. The van der Waals surface area contributed by atoms with E-state index >= 15 is 0 Å². The zero-order valence-corrected chi connectivity index (χ0v) is 17.5. The summed E-state index contributed by atoms with van der Waals surface area (Å²) in [7, 11) is 0. The van der Waals surface area contributed by atoms with Gasteiger partial charge in [0.2, 0.25) is 0 Å². The van der Waals surface area contributed by atoms with Gasteiger partial charge in [-0.15, -0.1) is 16.8 Å². The average molecular weight is 414 g/mol. The summed E-state index contributed by atoms with van der Waals surface area (Å²) < 4.78 is 4.17. The first kappa shape index (κ1) is 18.9. The Bertz CT molecular complexity index is 1140. The number of hydrogen-bond donors (Lipinski definition) is 0. The van der Waals surface area contributed by atoms with Crippen LogP contribution in [0.4, 0.5) is 0 Å². The fourth-order valence-corrected chi connectivity index (χ4v) is 4.48. The number of benzene rings is 2. The highest BCUT2D eigenvalue weighted by Crippen LogP contribution is 2.40. The second-order valence-electron chi connectivity index (χ2n) is 7.45. The fraction of sp³-hybridized carbons (Fsp3) is 0.208. The molecule has 2 heterocycles. The molecule has 0 atom stereocenters. The van der Waals surface area contributed by atoms with E-state index in [9.17, 15) is 0 Å². The molecule has 5 rings (SSSR count). The van der Waals surface area contributed by atoms with Gasteiger partial charge in [-0.1, -0.05) is 66.4 Å². The highest BCUT2D eigenvalue weighted by Gasteiger charge is 2.30. The Hall–Kier alpha value is -3.12. The monoisotopic (exact) mass is 413 g/mol. The molecule has 0 N–H and O–H groups in total. The molecular weight excluding hydrogens is 390 g/mol. The van der Waals surface area contributed by atoms with E-state index < -0.39 is 0 Å². The molecule has 2 aromatic heterocycles. The van der Waals surface area contributed by atoms with Crippen molar-refractivity contribution < 1.29 is 0 Å². The highest BCUT2D eigenvalue weighted by molar-refractivity contribution is 7.98. The maximum atomic E-state index is 4.91. The lowest BCUT2D eigenvalue weighted by Crippen LogP contribution is -2.02. The fourth-order valence-electron chi connectivity index (χ4n) is 3.56. The molecule has 1 saturated carbocycles. The minimum absolute atomic E-state index is 0.563. The molecule has 30 heavy (non-hydrogen) atoms. The third-order valence-electron chi connectivity index (χ3n) is 5.21. The van der Waals surface area contributed by atoms with Crippen LogP contribution in [0.3, 0.4) is 0 Å². The largest absolute Gasteiger partial charge is 0.302 e. The lowest BCUT2D eigenvalue weighted by atomic mass is 10.1. The standard InChI is InChI=1S/C24H23N5S/c1-2-15-28-23(19-13-14-19)25-26-24(28)30-17-20-16-29(21-11-7-4-8-12-21)27-22(20)18-9-5-3-6-10-18/h2-12,16,19H,1,13-15,17H2. The maximum Gasteiger partial charge on any atom is 0.191 e. The van der Waals surface area contributed by atoms with Gasteiger partial charge >= 0.3 is 0 Å². The van der Waals surface area contributed by atoms with E-state index in [0.29, 0.717) is 5.92 Å². The summed E-state index contributed by atoms with van der Waals surface area (Å²) >= 11 is 1.71. The van der Waals surface area contributed by atoms with Gasteiger partial charge in [0, 0.05) is 35.5 Å². The van der Waals surface area contributed by atoms with Crippen LogP contribution in [0, 0.1) is 0 Å². The number of nitrogens with zero attached hydrogens (tertiary/aromatic N) is 5. The van der Waals surface area contributed by atoms with Crippen LogP contribution >= 0.6 is 11.8 Å². The van der Waals surface area contributed by atoms with Crippen LogP contribution in [0.5, 0.6) is 0 Å². The van der Waals surface area contributed by atoms with Gasteiger partial charge in [-0.05, 0) is 25.0 Å². The van der Waals surface area contributed by atoms with Gasteiger partial charge in [0.1, 0.15) is 5.82 Å². The third kappa shape index (κ3) is 3.83. The van der Waals surface area contributed by atoms with Crippen molar-refractivity contribution in [2.45, 2.75) is 36.2 Å². The number of para-hydroxylation sites is 1. The molecule has 0 radical (unpaired) electrons. The van der Waals surface area contributed by atoms with Crippen molar-refractivity contribution in [2.24, 2.45) is 0 Å². The van der Waals surface area contributed by atoms with Gasteiger partial charge in [-0.3, -0.25) is 0 Å². The van der Waals surface area contributed by atoms with Crippen LogP contribution in [0.1, 0.15) is 30.1 Å².